The van der Waals surface area contributed by atoms with E-state index in [0.717, 1.165) is 16.2 Å². The van der Waals surface area contributed by atoms with Gasteiger partial charge in [0.15, 0.2) is 0 Å². The van der Waals surface area contributed by atoms with Gasteiger partial charge < -0.3 is 4.90 Å². The molecule has 0 aliphatic heterocycles. The van der Waals surface area contributed by atoms with Crippen molar-refractivity contribution in [2.24, 2.45) is 0 Å². The quantitative estimate of drug-likeness (QED) is 0.742. The Labute approximate surface area is 127 Å². The third-order valence-electron chi connectivity index (χ3n) is 3.24. The summed E-state index contributed by atoms with van der Waals surface area (Å²) in [6.07, 6.45) is 1.89. The highest BCUT2D eigenvalue weighted by Crippen LogP contribution is 2.25. The number of hydrogen-bond acceptors (Lipinski definition) is 2. The van der Waals surface area contributed by atoms with Gasteiger partial charge in [-0.3, -0.25) is 0 Å². The lowest BCUT2D eigenvalue weighted by Gasteiger charge is -2.26. The third kappa shape index (κ3) is 3.48. The lowest BCUT2D eigenvalue weighted by molar-refractivity contribution is 0.728. The highest BCUT2D eigenvalue weighted by molar-refractivity contribution is 9.08. The Kier molecular flexibility index (Phi) is 4.83. The van der Waals surface area contributed by atoms with E-state index >= 15 is 0 Å². The summed E-state index contributed by atoms with van der Waals surface area (Å²) in [4.78, 5) is 6.62. The second-order valence-electron chi connectivity index (χ2n) is 4.50. The van der Waals surface area contributed by atoms with Crippen molar-refractivity contribution in [3.63, 3.8) is 0 Å². The molecule has 4 heteroatoms. The fourth-order valence-corrected chi connectivity index (χ4v) is 2.42. The van der Waals surface area contributed by atoms with Crippen LogP contribution in [-0.2, 0) is 5.33 Å². The summed E-state index contributed by atoms with van der Waals surface area (Å²) >= 11 is 9.46. The fraction of sp³-hybridized carbons (Fsp3) is 0.267. The lowest BCUT2D eigenvalue weighted by atomic mass is 10.1. The van der Waals surface area contributed by atoms with Crippen LogP contribution >= 0.6 is 27.5 Å². The van der Waals surface area contributed by atoms with Crippen LogP contribution < -0.4 is 4.90 Å². The minimum Gasteiger partial charge on any atom is -0.353 e. The van der Waals surface area contributed by atoms with Crippen molar-refractivity contribution < 1.29 is 0 Å². The molecule has 0 radical (unpaired) electrons. The van der Waals surface area contributed by atoms with Gasteiger partial charge >= 0.3 is 0 Å². The maximum absolute atomic E-state index is 6.04. The van der Waals surface area contributed by atoms with Crippen LogP contribution in [0.15, 0.2) is 42.6 Å². The fourth-order valence-electron chi connectivity index (χ4n) is 1.89. The van der Waals surface area contributed by atoms with Crippen LogP contribution in [-0.4, -0.2) is 12.0 Å². The van der Waals surface area contributed by atoms with Crippen LogP contribution in [0.25, 0.3) is 0 Å². The molecular weight excluding hydrogens is 324 g/mol. The Morgan fingerprint density at radius 1 is 1.32 bits per heavy atom. The molecule has 0 saturated carbocycles. The number of halogens is 2. The van der Waals surface area contributed by atoms with Crippen LogP contribution in [0.2, 0.25) is 5.02 Å². The molecule has 19 heavy (non-hydrogen) atoms. The lowest BCUT2D eigenvalue weighted by Crippen LogP contribution is -2.22. The topological polar surface area (TPSA) is 16.1 Å². The standard InChI is InChI=1S/C15H16BrClN2/c1-11(13-4-3-5-14(17)8-13)19(2)15-7-6-12(9-16)10-18-15/h3-8,10-11H,9H2,1-2H3. The molecule has 1 atom stereocenters. The highest BCUT2D eigenvalue weighted by atomic mass is 79.9. The van der Waals surface area contributed by atoms with E-state index in [0.29, 0.717) is 0 Å². The number of rotatable bonds is 4. The van der Waals surface area contributed by atoms with Gasteiger partial charge in [0.25, 0.3) is 0 Å². The number of alkyl halides is 1. The second-order valence-corrected chi connectivity index (χ2v) is 5.50. The van der Waals surface area contributed by atoms with E-state index in [1.54, 1.807) is 0 Å². The first-order valence-electron chi connectivity index (χ1n) is 6.11. The van der Waals surface area contributed by atoms with Gasteiger partial charge in [-0.1, -0.05) is 45.7 Å². The average Bonchev–Trinajstić information content (AvgIpc) is 2.46. The van der Waals surface area contributed by atoms with Crippen molar-refractivity contribution in [3.8, 4) is 0 Å². The molecule has 1 heterocycles. The van der Waals surface area contributed by atoms with Crippen molar-refractivity contribution in [2.75, 3.05) is 11.9 Å². The number of anilines is 1. The Morgan fingerprint density at radius 2 is 2.11 bits per heavy atom. The normalized spacial score (nSPS) is 12.2. The summed E-state index contributed by atoms with van der Waals surface area (Å²) in [5.41, 5.74) is 2.36. The van der Waals surface area contributed by atoms with Gasteiger partial charge in [-0.25, -0.2) is 4.98 Å². The van der Waals surface area contributed by atoms with Crippen molar-refractivity contribution in [1.82, 2.24) is 4.98 Å². The minimum absolute atomic E-state index is 0.223. The molecule has 0 saturated heterocycles. The second kappa shape index (κ2) is 6.40. The molecule has 0 N–H and O–H groups in total. The van der Waals surface area contributed by atoms with Crippen molar-refractivity contribution >= 4 is 33.3 Å². The van der Waals surface area contributed by atoms with Crippen LogP contribution in [0.3, 0.4) is 0 Å². The summed E-state index contributed by atoms with van der Waals surface area (Å²) < 4.78 is 0. The molecule has 2 aromatic rings. The van der Waals surface area contributed by atoms with E-state index in [-0.39, 0.29) is 6.04 Å². The smallest absolute Gasteiger partial charge is 0.128 e. The zero-order chi connectivity index (χ0) is 13.8. The summed E-state index contributed by atoms with van der Waals surface area (Å²) in [6.45, 7) is 2.14. The third-order valence-corrected chi connectivity index (χ3v) is 4.12. The molecule has 0 bridgehead atoms. The molecule has 0 aliphatic carbocycles. The summed E-state index contributed by atoms with van der Waals surface area (Å²) in [5, 5.41) is 1.59. The van der Waals surface area contributed by atoms with Gasteiger partial charge in [0.1, 0.15) is 5.82 Å². The molecule has 2 nitrogen and oxygen atoms in total. The van der Waals surface area contributed by atoms with Gasteiger partial charge in [0.05, 0.1) is 6.04 Å². The zero-order valence-corrected chi connectivity index (χ0v) is 13.3. The number of pyridine rings is 1. The zero-order valence-electron chi connectivity index (χ0n) is 11.0. The molecule has 0 fully saturated rings. The highest BCUT2D eigenvalue weighted by Gasteiger charge is 2.13. The van der Waals surface area contributed by atoms with Crippen LogP contribution in [0.5, 0.6) is 0 Å². The molecule has 1 aromatic heterocycles. The number of hydrogen-bond donors (Lipinski definition) is 0. The predicted molar refractivity (Wildman–Crippen MR) is 85.1 cm³/mol. The molecule has 0 spiro atoms. The number of benzene rings is 1. The van der Waals surface area contributed by atoms with E-state index < -0.39 is 0 Å². The minimum atomic E-state index is 0.223. The molecule has 100 valence electrons. The Balaban J connectivity index is 2.20. The largest absolute Gasteiger partial charge is 0.353 e. The summed E-state index contributed by atoms with van der Waals surface area (Å²) in [6, 6.07) is 12.3. The van der Waals surface area contributed by atoms with Gasteiger partial charge in [-0.2, -0.15) is 0 Å². The maximum atomic E-state index is 6.04. The average molecular weight is 340 g/mol. The molecule has 2 rings (SSSR count). The van der Waals surface area contributed by atoms with Gasteiger partial charge in [0.2, 0.25) is 0 Å². The Hall–Kier alpha value is -1.06. The Bertz CT molecular complexity index is 542. The number of nitrogens with zero attached hydrogens (tertiary/aromatic N) is 2. The van der Waals surface area contributed by atoms with E-state index in [2.05, 4.69) is 44.9 Å². The first-order chi connectivity index (χ1) is 9.11. The van der Waals surface area contributed by atoms with E-state index in [1.807, 2.05) is 37.5 Å². The van der Waals surface area contributed by atoms with E-state index in [4.69, 9.17) is 11.6 Å². The SMILES string of the molecule is CC(c1cccc(Cl)c1)N(C)c1ccc(CBr)cn1. The molecule has 1 unspecified atom stereocenters. The van der Waals surface area contributed by atoms with Crippen LogP contribution in [0.1, 0.15) is 24.1 Å². The van der Waals surface area contributed by atoms with Crippen molar-refractivity contribution in [1.29, 1.82) is 0 Å². The molecular formula is C15H16BrClN2. The summed E-state index contributed by atoms with van der Waals surface area (Å²) in [5.74, 6) is 0.956. The summed E-state index contributed by atoms with van der Waals surface area (Å²) in [7, 11) is 2.04. The van der Waals surface area contributed by atoms with Gasteiger partial charge in [0, 0.05) is 23.6 Å². The van der Waals surface area contributed by atoms with Gasteiger partial charge in [-0.05, 0) is 36.2 Å². The van der Waals surface area contributed by atoms with Crippen LogP contribution in [0.4, 0.5) is 5.82 Å². The Morgan fingerprint density at radius 3 is 2.68 bits per heavy atom. The monoisotopic (exact) mass is 338 g/mol. The predicted octanol–water partition coefficient (Wildman–Crippen LogP) is 4.83. The first-order valence-corrected chi connectivity index (χ1v) is 7.61. The van der Waals surface area contributed by atoms with Crippen LogP contribution in [0, 0.1) is 0 Å². The molecule has 0 aliphatic rings. The molecule has 0 amide bonds. The van der Waals surface area contributed by atoms with Crippen molar-refractivity contribution in [2.45, 2.75) is 18.3 Å². The number of aromatic nitrogens is 1. The van der Waals surface area contributed by atoms with Crippen molar-refractivity contribution in [3.05, 3.63) is 58.7 Å². The first kappa shape index (κ1) is 14.4. The van der Waals surface area contributed by atoms with E-state index in [1.165, 1.54) is 11.1 Å². The van der Waals surface area contributed by atoms with E-state index in [9.17, 15) is 0 Å². The molecule has 1 aromatic carbocycles. The van der Waals surface area contributed by atoms with Gasteiger partial charge in [-0.15, -0.1) is 0 Å². The maximum Gasteiger partial charge on any atom is 0.128 e.